The summed E-state index contributed by atoms with van der Waals surface area (Å²) in [5.41, 5.74) is 0.247. The molecule has 1 unspecified atom stereocenters. The molecule has 5 fully saturated rings. The molecule has 26 heavy (non-hydrogen) atoms. The van der Waals surface area contributed by atoms with Crippen molar-refractivity contribution in [2.24, 2.45) is 23.2 Å². The Balaban J connectivity index is 1.17. The van der Waals surface area contributed by atoms with Crippen LogP contribution in [0.3, 0.4) is 0 Å². The Bertz CT molecular complexity index is 522. The zero-order valence-corrected chi connectivity index (χ0v) is 16.4. The van der Waals surface area contributed by atoms with Crippen LogP contribution in [0.1, 0.15) is 64.7 Å². The number of nitrogens with one attached hydrogen (secondary N) is 2. The summed E-state index contributed by atoms with van der Waals surface area (Å²) in [7, 11) is 2.13. The molecular weight excluding hydrogens is 326 g/mol. The number of hydrogen-bond donors (Lipinski definition) is 2. The molecule has 2 N–H and O–H groups in total. The highest BCUT2D eigenvalue weighted by Gasteiger charge is 2.51. The van der Waals surface area contributed by atoms with Crippen LogP contribution in [-0.2, 0) is 9.59 Å². The first-order chi connectivity index (χ1) is 12.4. The summed E-state index contributed by atoms with van der Waals surface area (Å²) in [6, 6.07) is 1.04. The number of amides is 2. The molecule has 0 aliphatic heterocycles. The van der Waals surface area contributed by atoms with Gasteiger partial charge in [-0.05, 0) is 88.5 Å². The Labute approximate surface area is 157 Å². The van der Waals surface area contributed by atoms with Crippen LogP contribution in [0, 0.1) is 23.2 Å². The predicted molar refractivity (Wildman–Crippen MR) is 101 cm³/mol. The molecule has 4 bridgehead atoms. The van der Waals surface area contributed by atoms with Gasteiger partial charge in [-0.2, -0.15) is 0 Å². The molecule has 0 spiro atoms. The molecule has 2 amide bonds. The van der Waals surface area contributed by atoms with Gasteiger partial charge >= 0.3 is 0 Å². The largest absolute Gasteiger partial charge is 0.353 e. The first-order valence-corrected chi connectivity index (χ1v) is 10.7. The van der Waals surface area contributed by atoms with Crippen molar-refractivity contribution in [1.29, 1.82) is 0 Å². The lowest BCUT2D eigenvalue weighted by molar-refractivity contribution is -0.132. The third-order valence-electron chi connectivity index (χ3n) is 7.56. The van der Waals surface area contributed by atoms with Gasteiger partial charge in [0.1, 0.15) is 0 Å². The molecule has 5 aliphatic rings. The van der Waals surface area contributed by atoms with Crippen molar-refractivity contribution in [3.63, 3.8) is 0 Å². The van der Waals surface area contributed by atoms with E-state index in [-0.39, 0.29) is 23.8 Å². The molecule has 0 radical (unpaired) electrons. The maximum absolute atomic E-state index is 12.5. The van der Waals surface area contributed by atoms with Crippen molar-refractivity contribution < 1.29 is 9.59 Å². The van der Waals surface area contributed by atoms with Crippen molar-refractivity contribution in [3.05, 3.63) is 0 Å². The molecule has 5 saturated carbocycles. The van der Waals surface area contributed by atoms with E-state index >= 15 is 0 Å². The number of likely N-dealkylation sites (N-methyl/N-ethyl adjacent to an activating group) is 1. The third kappa shape index (κ3) is 4.08. The van der Waals surface area contributed by atoms with Gasteiger partial charge in [0.15, 0.2) is 0 Å². The summed E-state index contributed by atoms with van der Waals surface area (Å²) >= 11 is 0. The third-order valence-corrected chi connectivity index (χ3v) is 7.56. The van der Waals surface area contributed by atoms with Crippen molar-refractivity contribution in [2.75, 3.05) is 20.1 Å². The van der Waals surface area contributed by atoms with E-state index in [0.717, 1.165) is 17.8 Å². The average molecular weight is 362 g/mol. The van der Waals surface area contributed by atoms with Crippen LogP contribution >= 0.6 is 0 Å². The van der Waals surface area contributed by atoms with E-state index in [0.29, 0.717) is 25.0 Å². The van der Waals surface area contributed by atoms with E-state index in [4.69, 9.17) is 0 Å². The minimum atomic E-state index is -0.0695. The fraction of sp³-hybridized carbons (Fsp3) is 0.905. The van der Waals surface area contributed by atoms with Crippen molar-refractivity contribution in [1.82, 2.24) is 15.5 Å². The van der Waals surface area contributed by atoms with Crippen LogP contribution in [-0.4, -0.2) is 48.9 Å². The Morgan fingerprint density at radius 2 is 1.58 bits per heavy atom. The molecule has 5 rings (SSSR count). The van der Waals surface area contributed by atoms with Gasteiger partial charge in [0.2, 0.25) is 11.8 Å². The summed E-state index contributed by atoms with van der Waals surface area (Å²) in [5, 5.41) is 5.85. The molecule has 146 valence electrons. The van der Waals surface area contributed by atoms with Crippen molar-refractivity contribution in [2.45, 2.75) is 76.8 Å². The standard InChI is InChI=1S/C21H35N3O2/c1-14(24(2)18-3-4-18)12-22-20(26)13-23-19(25)11-21-8-15-5-16(9-21)7-17(6-15)10-21/h14-18H,3-13H2,1-2H3,(H,22,26)(H,23,25). The van der Waals surface area contributed by atoms with Gasteiger partial charge in [-0.25, -0.2) is 0 Å². The smallest absolute Gasteiger partial charge is 0.239 e. The van der Waals surface area contributed by atoms with Crippen LogP contribution in [0.2, 0.25) is 0 Å². The van der Waals surface area contributed by atoms with Crippen LogP contribution < -0.4 is 10.6 Å². The van der Waals surface area contributed by atoms with E-state index < -0.39 is 0 Å². The lowest BCUT2D eigenvalue weighted by atomic mass is 9.49. The summed E-state index contributed by atoms with van der Waals surface area (Å²) in [4.78, 5) is 26.9. The predicted octanol–water partition coefficient (Wildman–Crippen LogP) is 2.31. The van der Waals surface area contributed by atoms with E-state index in [1.165, 1.54) is 51.4 Å². The zero-order valence-electron chi connectivity index (χ0n) is 16.4. The molecule has 5 aliphatic carbocycles. The molecule has 0 saturated heterocycles. The number of carbonyl (C=O) groups excluding carboxylic acids is 2. The molecule has 5 nitrogen and oxygen atoms in total. The van der Waals surface area contributed by atoms with E-state index in [2.05, 4.69) is 29.5 Å². The van der Waals surface area contributed by atoms with Crippen LogP contribution in [0.5, 0.6) is 0 Å². The lowest BCUT2D eigenvalue weighted by Crippen LogP contribution is -2.49. The highest BCUT2D eigenvalue weighted by atomic mass is 16.2. The Kier molecular flexibility index (Phi) is 5.02. The van der Waals surface area contributed by atoms with Gasteiger partial charge < -0.3 is 10.6 Å². The maximum Gasteiger partial charge on any atom is 0.239 e. The topological polar surface area (TPSA) is 61.4 Å². The number of carbonyl (C=O) groups is 2. The highest BCUT2D eigenvalue weighted by Crippen LogP contribution is 2.61. The van der Waals surface area contributed by atoms with Gasteiger partial charge in [-0.3, -0.25) is 14.5 Å². The van der Waals surface area contributed by atoms with Crippen LogP contribution in [0.4, 0.5) is 0 Å². The van der Waals surface area contributed by atoms with Crippen molar-refractivity contribution in [3.8, 4) is 0 Å². The highest BCUT2D eigenvalue weighted by molar-refractivity contribution is 5.84. The molecule has 0 aromatic carbocycles. The maximum atomic E-state index is 12.5. The average Bonchev–Trinajstić information content (AvgIpc) is 3.40. The van der Waals surface area contributed by atoms with Crippen LogP contribution in [0.25, 0.3) is 0 Å². The molecule has 5 heteroatoms. The Hall–Kier alpha value is -1.10. The van der Waals surface area contributed by atoms with Crippen molar-refractivity contribution >= 4 is 11.8 Å². The second kappa shape index (κ2) is 7.14. The Morgan fingerprint density at radius 3 is 2.12 bits per heavy atom. The second-order valence-corrected chi connectivity index (χ2v) is 9.92. The molecule has 0 aromatic heterocycles. The minimum Gasteiger partial charge on any atom is -0.353 e. The molecule has 1 atom stereocenters. The molecule has 0 heterocycles. The van der Waals surface area contributed by atoms with Gasteiger partial charge in [-0.15, -0.1) is 0 Å². The summed E-state index contributed by atoms with van der Waals surface area (Å²) in [5.74, 6) is 2.59. The van der Waals surface area contributed by atoms with Gasteiger partial charge in [0, 0.05) is 25.0 Å². The first-order valence-electron chi connectivity index (χ1n) is 10.7. The SMILES string of the molecule is CC(CNC(=O)CNC(=O)CC12CC3CC(CC(C3)C1)C2)N(C)C1CC1. The summed E-state index contributed by atoms with van der Waals surface area (Å²) in [6.45, 7) is 2.91. The second-order valence-electron chi connectivity index (χ2n) is 9.92. The van der Waals surface area contributed by atoms with Crippen LogP contribution in [0.15, 0.2) is 0 Å². The van der Waals surface area contributed by atoms with E-state index in [9.17, 15) is 9.59 Å². The zero-order chi connectivity index (χ0) is 18.3. The molecule has 0 aromatic rings. The quantitative estimate of drug-likeness (QED) is 0.697. The number of hydrogen-bond acceptors (Lipinski definition) is 3. The van der Waals surface area contributed by atoms with Gasteiger partial charge in [0.25, 0.3) is 0 Å². The number of nitrogens with zero attached hydrogens (tertiary/aromatic N) is 1. The summed E-state index contributed by atoms with van der Waals surface area (Å²) < 4.78 is 0. The fourth-order valence-electron chi connectivity index (χ4n) is 6.40. The lowest BCUT2D eigenvalue weighted by Gasteiger charge is -2.56. The number of rotatable bonds is 8. The van der Waals surface area contributed by atoms with E-state index in [1.54, 1.807) is 0 Å². The molecular formula is C21H35N3O2. The minimum absolute atomic E-state index is 0.0695. The van der Waals surface area contributed by atoms with E-state index in [1.807, 2.05) is 0 Å². The normalized spacial score (nSPS) is 36.2. The monoisotopic (exact) mass is 361 g/mol. The summed E-state index contributed by atoms with van der Waals surface area (Å²) in [6.07, 6.45) is 11.1. The van der Waals surface area contributed by atoms with Gasteiger partial charge in [-0.1, -0.05) is 0 Å². The Morgan fingerprint density at radius 1 is 1.00 bits per heavy atom. The first kappa shape index (κ1) is 18.3. The fourth-order valence-corrected chi connectivity index (χ4v) is 6.40. The van der Waals surface area contributed by atoms with Gasteiger partial charge in [0.05, 0.1) is 6.54 Å².